The van der Waals surface area contributed by atoms with E-state index in [1.54, 1.807) is 0 Å². The molecule has 0 unspecified atom stereocenters. The van der Waals surface area contributed by atoms with Gasteiger partial charge in [0, 0.05) is 16.6 Å². The number of carbonyl (C=O) groups excluding carboxylic acids is 2. The average Bonchev–Trinajstić information content (AvgIpc) is 3.15. The molecule has 0 radical (unpaired) electrons. The molecule has 0 aliphatic heterocycles. The van der Waals surface area contributed by atoms with Crippen LogP contribution in [0.25, 0.3) is 0 Å². The van der Waals surface area contributed by atoms with Crippen LogP contribution < -0.4 is 10.6 Å². The molecule has 2 N–H and O–H groups in total. The fourth-order valence-corrected chi connectivity index (χ4v) is 1.84. The summed E-state index contributed by atoms with van der Waals surface area (Å²) in [4.78, 5) is 23.0. The van der Waals surface area contributed by atoms with Crippen LogP contribution in [0.3, 0.4) is 0 Å². The first kappa shape index (κ1) is 13.8. The van der Waals surface area contributed by atoms with E-state index in [-0.39, 0.29) is 35.5 Å². The monoisotopic (exact) mass is 284 g/mol. The molecule has 0 atom stereocenters. The summed E-state index contributed by atoms with van der Waals surface area (Å²) in [6, 6.07) is 4.49. The van der Waals surface area contributed by atoms with Gasteiger partial charge in [0.15, 0.2) is 0 Å². The van der Waals surface area contributed by atoms with Crippen molar-refractivity contribution >= 4 is 23.4 Å². The van der Waals surface area contributed by atoms with Crippen LogP contribution in [0.5, 0.6) is 0 Å². The molecule has 0 aromatic heterocycles. The molecule has 19 heavy (non-hydrogen) atoms. The minimum Gasteiger partial charge on any atom is -0.352 e. The molecule has 1 fully saturated rings. The lowest BCUT2D eigenvalue weighted by molar-refractivity contribution is -0.125. The Morgan fingerprint density at radius 2 is 2.05 bits per heavy atom. The molecule has 1 aliphatic carbocycles. The molecule has 1 saturated carbocycles. The normalized spacial score (nSPS) is 14.0. The molecule has 0 heterocycles. The van der Waals surface area contributed by atoms with Crippen LogP contribution in [-0.2, 0) is 16.0 Å². The highest BCUT2D eigenvalue weighted by atomic mass is 35.5. The van der Waals surface area contributed by atoms with Crippen molar-refractivity contribution in [2.24, 2.45) is 0 Å². The summed E-state index contributed by atoms with van der Waals surface area (Å²) in [7, 11) is 0. The van der Waals surface area contributed by atoms with Gasteiger partial charge in [-0.15, -0.1) is 0 Å². The van der Waals surface area contributed by atoms with Crippen molar-refractivity contribution in [1.82, 2.24) is 10.6 Å². The van der Waals surface area contributed by atoms with E-state index >= 15 is 0 Å². The van der Waals surface area contributed by atoms with Gasteiger partial charge in [0.1, 0.15) is 5.82 Å². The summed E-state index contributed by atoms with van der Waals surface area (Å²) in [5.41, 5.74) is 0.143. The van der Waals surface area contributed by atoms with Gasteiger partial charge in [-0.05, 0) is 25.0 Å². The third kappa shape index (κ3) is 4.21. The second-order valence-electron chi connectivity index (χ2n) is 4.50. The van der Waals surface area contributed by atoms with Crippen LogP contribution in [0.1, 0.15) is 18.4 Å². The highest BCUT2D eigenvalue weighted by Crippen LogP contribution is 2.19. The second-order valence-corrected chi connectivity index (χ2v) is 4.90. The van der Waals surface area contributed by atoms with E-state index in [1.165, 1.54) is 18.2 Å². The summed E-state index contributed by atoms with van der Waals surface area (Å²) >= 11 is 5.81. The molecule has 1 aliphatic rings. The number of halogens is 2. The van der Waals surface area contributed by atoms with E-state index in [0.29, 0.717) is 0 Å². The highest BCUT2D eigenvalue weighted by molar-refractivity contribution is 6.31. The summed E-state index contributed by atoms with van der Waals surface area (Å²) in [5.74, 6) is -1.18. The second kappa shape index (κ2) is 6.02. The van der Waals surface area contributed by atoms with Gasteiger partial charge in [-0.2, -0.15) is 0 Å². The minimum atomic E-state index is -0.523. The molecule has 102 valence electrons. The summed E-state index contributed by atoms with van der Waals surface area (Å²) < 4.78 is 13.4. The fraction of sp³-hybridized carbons (Fsp3) is 0.385. The lowest BCUT2D eigenvalue weighted by Crippen LogP contribution is -2.38. The minimum absolute atomic E-state index is 0.0958. The van der Waals surface area contributed by atoms with Crippen molar-refractivity contribution in [2.45, 2.75) is 25.3 Å². The molecular formula is C13H14ClFN2O2. The highest BCUT2D eigenvalue weighted by Gasteiger charge is 2.23. The maximum atomic E-state index is 13.4. The number of hydrogen-bond donors (Lipinski definition) is 2. The van der Waals surface area contributed by atoms with Crippen molar-refractivity contribution < 1.29 is 14.0 Å². The SMILES string of the molecule is O=C(Cc1c(F)cccc1Cl)NCC(=O)NC1CC1. The van der Waals surface area contributed by atoms with E-state index in [4.69, 9.17) is 11.6 Å². The van der Waals surface area contributed by atoms with Crippen molar-refractivity contribution in [3.05, 3.63) is 34.6 Å². The van der Waals surface area contributed by atoms with Gasteiger partial charge in [-0.1, -0.05) is 17.7 Å². The molecule has 0 spiro atoms. The van der Waals surface area contributed by atoms with E-state index in [0.717, 1.165) is 12.8 Å². The Bertz CT molecular complexity index is 483. The quantitative estimate of drug-likeness (QED) is 0.859. The molecular weight excluding hydrogens is 271 g/mol. The Morgan fingerprint density at radius 1 is 1.32 bits per heavy atom. The van der Waals surface area contributed by atoms with Crippen LogP contribution in [0.15, 0.2) is 18.2 Å². The Balaban J connectivity index is 1.81. The smallest absolute Gasteiger partial charge is 0.239 e. The van der Waals surface area contributed by atoms with E-state index in [9.17, 15) is 14.0 Å². The van der Waals surface area contributed by atoms with Crippen LogP contribution in [0, 0.1) is 5.82 Å². The number of benzene rings is 1. The first-order chi connectivity index (χ1) is 9.06. The maximum Gasteiger partial charge on any atom is 0.239 e. The maximum absolute atomic E-state index is 13.4. The van der Waals surface area contributed by atoms with Crippen LogP contribution >= 0.6 is 11.6 Å². The van der Waals surface area contributed by atoms with Crippen molar-refractivity contribution in [3.63, 3.8) is 0 Å². The predicted molar refractivity (Wildman–Crippen MR) is 69.3 cm³/mol. The van der Waals surface area contributed by atoms with Gasteiger partial charge in [-0.3, -0.25) is 9.59 Å². The predicted octanol–water partition coefficient (Wildman–Crippen LogP) is 1.42. The topological polar surface area (TPSA) is 58.2 Å². The van der Waals surface area contributed by atoms with E-state index in [2.05, 4.69) is 10.6 Å². The summed E-state index contributed by atoms with van der Waals surface area (Å²) in [6.07, 6.45) is 1.80. The number of hydrogen-bond acceptors (Lipinski definition) is 2. The van der Waals surface area contributed by atoms with Gasteiger partial charge in [-0.25, -0.2) is 4.39 Å². The lowest BCUT2D eigenvalue weighted by Gasteiger charge is -2.07. The molecule has 2 rings (SSSR count). The summed E-state index contributed by atoms with van der Waals surface area (Å²) in [6.45, 7) is -0.0958. The van der Waals surface area contributed by atoms with Gasteiger partial charge >= 0.3 is 0 Å². The number of carbonyl (C=O) groups is 2. The molecule has 1 aromatic carbocycles. The zero-order chi connectivity index (χ0) is 13.8. The third-order valence-corrected chi connectivity index (χ3v) is 3.14. The summed E-state index contributed by atoms with van der Waals surface area (Å²) in [5, 5.41) is 5.39. The Hall–Kier alpha value is -1.62. The van der Waals surface area contributed by atoms with Gasteiger partial charge in [0.2, 0.25) is 11.8 Å². The molecule has 0 bridgehead atoms. The van der Waals surface area contributed by atoms with Gasteiger partial charge in [0.05, 0.1) is 13.0 Å². The zero-order valence-corrected chi connectivity index (χ0v) is 11.0. The van der Waals surface area contributed by atoms with Gasteiger partial charge in [0.25, 0.3) is 0 Å². The average molecular weight is 285 g/mol. The Kier molecular flexibility index (Phi) is 4.37. The van der Waals surface area contributed by atoms with Crippen LogP contribution in [0.4, 0.5) is 4.39 Å². The standard InChI is InChI=1S/C13H14ClFN2O2/c14-10-2-1-3-11(15)9(10)6-12(18)16-7-13(19)17-8-4-5-8/h1-3,8H,4-7H2,(H,16,18)(H,17,19). The Morgan fingerprint density at radius 3 is 2.68 bits per heavy atom. The first-order valence-electron chi connectivity index (χ1n) is 6.05. The molecule has 4 nitrogen and oxygen atoms in total. The van der Waals surface area contributed by atoms with Crippen LogP contribution in [0.2, 0.25) is 5.02 Å². The number of amides is 2. The zero-order valence-electron chi connectivity index (χ0n) is 10.2. The van der Waals surface area contributed by atoms with Crippen molar-refractivity contribution in [2.75, 3.05) is 6.54 Å². The third-order valence-electron chi connectivity index (χ3n) is 2.79. The molecule has 6 heteroatoms. The Labute approximate surface area is 115 Å². The largest absolute Gasteiger partial charge is 0.352 e. The van der Waals surface area contributed by atoms with Crippen LogP contribution in [-0.4, -0.2) is 24.4 Å². The lowest BCUT2D eigenvalue weighted by atomic mass is 10.1. The number of nitrogens with one attached hydrogen (secondary N) is 2. The van der Waals surface area contributed by atoms with Crippen molar-refractivity contribution in [3.8, 4) is 0 Å². The molecule has 0 saturated heterocycles. The van der Waals surface area contributed by atoms with E-state index < -0.39 is 11.7 Å². The van der Waals surface area contributed by atoms with Gasteiger partial charge < -0.3 is 10.6 Å². The molecule has 2 amide bonds. The van der Waals surface area contributed by atoms with Crippen molar-refractivity contribution in [1.29, 1.82) is 0 Å². The fourth-order valence-electron chi connectivity index (χ4n) is 1.61. The molecule has 1 aromatic rings. The van der Waals surface area contributed by atoms with E-state index in [1.807, 2.05) is 0 Å². The first-order valence-corrected chi connectivity index (χ1v) is 6.43. The number of rotatable bonds is 5.